The average Bonchev–Trinajstić information content (AvgIpc) is 3.52. The van der Waals surface area contributed by atoms with Gasteiger partial charge in [0.15, 0.2) is 0 Å². The minimum Gasteiger partial charge on any atom is -0.480 e. The summed E-state index contributed by atoms with van der Waals surface area (Å²) in [4.78, 5) is 66.2. The van der Waals surface area contributed by atoms with Crippen LogP contribution in [-0.2, 0) is 24.0 Å². The first-order valence-corrected chi connectivity index (χ1v) is 12.9. The predicted octanol–water partition coefficient (Wildman–Crippen LogP) is -0.844. The Morgan fingerprint density at radius 2 is 1.56 bits per heavy atom. The van der Waals surface area contributed by atoms with Gasteiger partial charge in [-0.3, -0.25) is 19.2 Å². The number of hydrogen-bond acceptors (Lipinski definition) is 7. The maximum absolute atomic E-state index is 13.3. The van der Waals surface area contributed by atoms with Crippen molar-refractivity contribution in [3.05, 3.63) is 0 Å². The molecule has 2 saturated heterocycles. The Labute approximate surface area is 212 Å². The van der Waals surface area contributed by atoms with Gasteiger partial charge in [-0.05, 0) is 63.8 Å². The fourth-order valence-corrected chi connectivity index (χ4v) is 4.94. The third kappa shape index (κ3) is 7.89. The zero-order valence-corrected chi connectivity index (χ0v) is 21.4. The summed E-state index contributed by atoms with van der Waals surface area (Å²) >= 11 is 0. The van der Waals surface area contributed by atoms with E-state index in [4.69, 9.17) is 11.5 Å². The van der Waals surface area contributed by atoms with Gasteiger partial charge in [0.1, 0.15) is 24.2 Å². The lowest BCUT2D eigenvalue weighted by atomic mass is 10.0. The molecule has 0 unspecified atom stereocenters. The molecule has 0 aromatic rings. The second-order valence-corrected chi connectivity index (χ2v) is 10.0. The van der Waals surface area contributed by atoms with Gasteiger partial charge in [-0.2, -0.15) is 0 Å². The number of aliphatic carboxylic acids is 1. The van der Waals surface area contributed by atoms with E-state index in [1.54, 1.807) is 0 Å². The van der Waals surface area contributed by atoms with Gasteiger partial charge in [0.2, 0.25) is 23.6 Å². The van der Waals surface area contributed by atoms with E-state index in [9.17, 15) is 29.1 Å². The van der Waals surface area contributed by atoms with E-state index in [2.05, 4.69) is 10.6 Å². The van der Waals surface area contributed by atoms with Crippen LogP contribution in [0.15, 0.2) is 0 Å². The maximum atomic E-state index is 13.3. The first kappa shape index (κ1) is 29.5. The molecule has 12 heteroatoms. The lowest BCUT2D eigenvalue weighted by molar-refractivity contribution is -0.149. The zero-order chi connectivity index (χ0) is 26.8. The van der Waals surface area contributed by atoms with Crippen molar-refractivity contribution in [2.75, 3.05) is 26.2 Å². The molecule has 0 radical (unpaired) electrons. The fourth-order valence-electron chi connectivity index (χ4n) is 4.94. The lowest BCUT2D eigenvalue weighted by Gasteiger charge is -2.30. The van der Waals surface area contributed by atoms with E-state index < -0.39 is 47.9 Å². The number of carboxylic acids is 1. The van der Waals surface area contributed by atoms with Crippen molar-refractivity contribution in [3.63, 3.8) is 0 Å². The van der Waals surface area contributed by atoms with Crippen LogP contribution in [0, 0.1) is 5.92 Å². The number of rotatable bonds is 13. The van der Waals surface area contributed by atoms with Crippen molar-refractivity contribution in [1.82, 2.24) is 20.4 Å². The summed E-state index contributed by atoms with van der Waals surface area (Å²) in [6.07, 6.45) is 4.00. The number of amides is 4. The highest BCUT2D eigenvalue weighted by atomic mass is 16.4. The van der Waals surface area contributed by atoms with Crippen molar-refractivity contribution in [1.29, 1.82) is 0 Å². The molecule has 2 aliphatic rings. The summed E-state index contributed by atoms with van der Waals surface area (Å²) in [5.41, 5.74) is 11.1. The number of nitrogens with zero attached hydrogens (tertiary/aromatic N) is 2. The highest BCUT2D eigenvalue weighted by Gasteiger charge is 2.39. The highest BCUT2D eigenvalue weighted by Crippen LogP contribution is 2.21. The largest absolute Gasteiger partial charge is 0.480 e. The van der Waals surface area contributed by atoms with E-state index in [1.165, 1.54) is 9.80 Å². The smallest absolute Gasteiger partial charge is 0.326 e. The van der Waals surface area contributed by atoms with Crippen LogP contribution in [0.4, 0.5) is 0 Å². The summed E-state index contributed by atoms with van der Waals surface area (Å²) < 4.78 is 0. The highest BCUT2D eigenvalue weighted by molar-refractivity contribution is 5.95. The van der Waals surface area contributed by atoms with Crippen LogP contribution < -0.4 is 22.1 Å². The van der Waals surface area contributed by atoms with Gasteiger partial charge in [0.05, 0.1) is 6.54 Å². The first-order valence-electron chi connectivity index (χ1n) is 12.9. The van der Waals surface area contributed by atoms with Crippen molar-refractivity contribution in [2.24, 2.45) is 17.4 Å². The van der Waals surface area contributed by atoms with E-state index in [0.717, 1.165) is 0 Å². The minimum absolute atomic E-state index is 0.0599. The molecular formula is C24H42N6O6. The summed E-state index contributed by atoms with van der Waals surface area (Å²) in [5.74, 6) is -2.69. The molecule has 7 N–H and O–H groups in total. The molecule has 0 aromatic heterocycles. The maximum Gasteiger partial charge on any atom is 0.326 e. The summed E-state index contributed by atoms with van der Waals surface area (Å²) in [6.45, 7) is 4.82. The molecule has 0 spiro atoms. The molecule has 2 heterocycles. The van der Waals surface area contributed by atoms with Crippen LogP contribution >= 0.6 is 0 Å². The second-order valence-electron chi connectivity index (χ2n) is 10.0. The Kier molecular flexibility index (Phi) is 11.6. The molecular weight excluding hydrogens is 468 g/mol. The van der Waals surface area contributed by atoms with Crippen LogP contribution in [0.1, 0.15) is 65.2 Å². The van der Waals surface area contributed by atoms with Crippen LogP contribution in [0.5, 0.6) is 0 Å². The van der Waals surface area contributed by atoms with Crippen LogP contribution in [0.25, 0.3) is 0 Å². The van der Waals surface area contributed by atoms with Crippen LogP contribution in [0.3, 0.4) is 0 Å². The zero-order valence-electron chi connectivity index (χ0n) is 21.4. The molecule has 0 bridgehead atoms. The Balaban J connectivity index is 2.16. The standard InChI is InChI=1S/C24H42N6O6/c1-15(2)13-17(23(34)30-12-6-9-19(30)24(35)36)28-21(32)16(7-3-4-10-25)27-22(33)18-8-5-11-29(18)20(31)14-26/h15-19H,3-14,25-26H2,1-2H3,(H,27,33)(H,28,32)(H,35,36)/t16-,17-,18-,19-/m0/s1. The van der Waals surface area contributed by atoms with Gasteiger partial charge in [-0.15, -0.1) is 0 Å². The Morgan fingerprint density at radius 3 is 2.14 bits per heavy atom. The van der Waals surface area contributed by atoms with Gasteiger partial charge in [-0.1, -0.05) is 13.8 Å². The number of nitrogens with two attached hydrogens (primary N) is 2. The topological polar surface area (TPSA) is 188 Å². The van der Waals surface area contributed by atoms with E-state index in [1.807, 2.05) is 13.8 Å². The van der Waals surface area contributed by atoms with Crippen molar-refractivity contribution in [3.8, 4) is 0 Å². The molecule has 4 atom stereocenters. The van der Waals surface area contributed by atoms with Gasteiger partial charge in [0.25, 0.3) is 0 Å². The lowest BCUT2D eigenvalue weighted by Crippen LogP contribution is -2.58. The molecule has 0 aliphatic carbocycles. The first-order chi connectivity index (χ1) is 17.1. The number of carbonyl (C=O) groups is 5. The van der Waals surface area contributed by atoms with Crippen molar-refractivity contribution < 1.29 is 29.1 Å². The SMILES string of the molecule is CC(C)C[C@H](NC(=O)[C@H](CCCCN)NC(=O)[C@@H]1CCCN1C(=O)CN)C(=O)N1CCC[C@H]1C(=O)O. The minimum atomic E-state index is -1.06. The Bertz CT molecular complexity index is 806. The number of carbonyl (C=O) groups excluding carboxylic acids is 4. The van der Waals surface area contributed by atoms with E-state index in [0.29, 0.717) is 71.0 Å². The summed E-state index contributed by atoms with van der Waals surface area (Å²) in [5, 5.41) is 15.1. The Hall–Kier alpha value is -2.73. The van der Waals surface area contributed by atoms with Crippen molar-refractivity contribution in [2.45, 2.75) is 89.4 Å². The van der Waals surface area contributed by atoms with Gasteiger partial charge in [-0.25, -0.2) is 4.79 Å². The van der Waals surface area contributed by atoms with Crippen LogP contribution in [0.2, 0.25) is 0 Å². The molecule has 2 aliphatic heterocycles. The number of nitrogens with one attached hydrogen (secondary N) is 2. The normalized spacial score (nSPS) is 21.4. The average molecular weight is 511 g/mol. The van der Waals surface area contributed by atoms with E-state index >= 15 is 0 Å². The molecule has 2 rings (SSSR count). The monoisotopic (exact) mass is 510 g/mol. The molecule has 204 valence electrons. The second kappa shape index (κ2) is 14.1. The van der Waals surface area contributed by atoms with Crippen molar-refractivity contribution >= 4 is 29.6 Å². The number of likely N-dealkylation sites (tertiary alicyclic amines) is 2. The Morgan fingerprint density at radius 1 is 0.917 bits per heavy atom. The molecule has 0 aromatic carbocycles. The van der Waals surface area contributed by atoms with E-state index in [-0.39, 0.29) is 18.4 Å². The molecule has 36 heavy (non-hydrogen) atoms. The molecule has 2 fully saturated rings. The third-order valence-electron chi connectivity index (χ3n) is 6.77. The van der Waals surface area contributed by atoms with Crippen LogP contribution in [-0.4, -0.2) is 94.9 Å². The summed E-state index contributed by atoms with van der Waals surface area (Å²) in [7, 11) is 0. The molecule has 12 nitrogen and oxygen atoms in total. The van der Waals surface area contributed by atoms with Gasteiger partial charge < -0.3 is 37.0 Å². The van der Waals surface area contributed by atoms with Gasteiger partial charge in [0, 0.05) is 13.1 Å². The predicted molar refractivity (Wildman–Crippen MR) is 132 cm³/mol. The summed E-state index contributed by atoms with van der Waals surface area (Å²) in [6, 6.07) is -3.43. The number of hydrogen-bond donors (Lipinski definition) is 5. The van der Waals surface area contributed by atoms with Gasteiger partial charge >= 0.3 is 5.97 Å². The number of carboxylic acid groups (broad SMARTS) is 1. The molecule has 4 amide bonds. The number of unbranched alkanes of at least 4 members (excludes halogenated alkanes) is 1. The third-order valence-corrected chi connectivity index (χ3v) is 6.77. The molecule has 0 saturated carbocycles. The quantitative estimate of drug-likeness (QED) is 0.198. The fraction of sp³-hybridized carbons (Fsp3) is 0.792.